The van der Waals surface area contributed by atoms with Gasteiger partial charge in [0.15, 0.2) is 0 Å². The Balaban J connectivity index is 1.92. The number of hydrogen-bond donors (Lipinski definition) is 2. The Hall–Kier alpha value is -1.96. The van der Waals surface area contributed by atoms with E-state index in [1.165, 1.54) is 25.2 Å². The van der Waals surface area contributed by atoms with Crippen molar-refractivity contribution in [2.24, 2.45) is 0 Å². The molecule has 2 N–H and O–H groups in total. The molecule has 2 rings (SSSR count). The van der Waals surface area contributed by atoms with Gasteiger partial charge in [0.1, 0.15) is 5.82 Å². The smallest absolute Gasteiger partial charge is 0.224 e. The molecule has 2 aromatic rings. The summed E-state index contributed by atoms with van der Waals surface area (Å²) in [6, 6.07) is 11.1. The number of sulfonamides is 1. The van der Waals surface area contributed by atoms with Crippen molar-refractivity contribution in [1.29, 1.82) is 0 Å². The number of benzene rings is 2. The van der Waals surface area contributed by atoms with Crippen molar-refractivity contribution in [2.75, 3.05) is 7.05 Å². The third kappa shape index (κ3) is 5.81. The maximum atomic E-state index is 13.7. The predicted molar refractivity (Wildman–Crippen MR) is 95.1 cm³/mol. The van der Waals surface area contributed by atoms with E-state index in [9.17, 15) is 17.6 Å². The van der Waals surface area contributed by atoms with E-state index in [2.05, 4.69) is 10.0 Å². The zero-order valence-corrected chi connectivity index (χ0v) is 15.1. The highest BCUT2D eigenvalue weighted by Crippen LogP contribution is 2.19. The van der Waals surface area contributed by atoms with Crippen molar-refractivity contribution in [1.82, 2.24) is 10.0 Å². The molecule has 0 unspecified atom stereocenters. The van der Waals surface area contributed by atoms with Gasteiger partial charge in [0, 0.05) is 17.1 Å². The minimum Gasteiger partial charge on any atom is -0.352 e. The van der Waals surface area contributed by atoms with E-state index in [1.54, 1.807) is 24.3 Å². The third-order valence-electron chi connectivity index (χ3n) is 3.58. The highest BCUT2D eigenvalue weighted by atomic mass is 35.5. The molecule has 0 fully saturated rings. The quantitative estimate of drug-likeness (QED) is 0.769. The highest BCUT2D eigenvalue weighted by molar-refractivity contribution is 7.88. The fourth-order valence-electron chi connectivity index (χ4n) is 2.17. The van der Waals surface area contributed by atoms with Crippen molar-refractivity contribution in [3.63, 3.8) is 0 Å². The summed E-state index contributed by atoms with van der Waals surface area (Å²) in [6.45, 7) is 0.254. The predicted octanol–water partition coefficient (Wildman–Crippen LogP) is 2.39. The number of carbonyl (C=O) groups excluding carboxylic acids is 1. The van der Waals surface area contributed by atoms with E-state index in [4.69, 9.17) is 11.6 Å². The molecule has 0 aliphatic carbocycles. The fourth-order valence-corrected chi connectivity index (χ4v) is 3.18. The van der Waals surface area contributed by atoms with Crippen molar-refractivity contribution < 1.29 is 17.6 Å². The average molecular weight is 385 g/mol. The van der Waals surface area contributed by atoms with E-state index < -0.39 is 15.8 Å². The lowest BCUT2D eigenvalue weighted by molar-refractivity contribution is -0.120. The van der Waals surface area contributed by atoms with Crippen LogP contribution in [0.15, 0.2) is 42.5 Å². The summed E-state index contributed by atoms with van der Waals surface area (Å²) in [4.78, 5) is 12.0. The van der Waals surface area contributed by atoms with Crippen LogP contribution in [-0.4, -0.2) is 21.4 Å². The molecule has 8 heteroatoms. The van der Waals surface area contributed by atoms with Gasteiger partial charge < -0.3 is 5.32 Å². The Morgan fingerprint density at radius 1 is 1.12 bits per heavy atom. The zero-order chi connectivity index (χ0) is 18.4. The Bertz CT molecular complexity index is 834. The van der Waals surface area contributed by atoms with Gasteiger partial charge in [0.2, 0.25) is 15.9 Å². The lowest BCUT2D eigenvalue weighted by Gasteiger charge is -2.08. The van der Waals surface area contributed by atoms with Crippen molar-refractivity contribution in [3.05, 3.63) is 70.0 Å². The first-order valence-electron chi connectivity index (χ1n) is 7.49. The molecule has 0 heterocycles. The summed E-state index contributed by atoms with van der Waals surface area (Å²) >= 11 is 5.90. The fraction of sp³-hybridized carbons (Fsp3) is 0.235. The topological polar surface area (TPSA) is 75.3 Å². The second-order valence-electron chi connectivity index (χ2n) is 5.43. The molecule has 1 amide bonds. The monoisotopic (exact) mass is 384 g/mol. The van der Waals surface area contributed by atoms with Crippen LogP contribution in [0.1, 0.15) is 16.7 Å². The van der Waals surface area contributed by atoms with Gasteiger partial charge in [-0.3, -0.25) is 4.79 Å². The molecule has 0 aromatic heterocycles. The summed E-state index contributed by atoms with van der Waals surface area (Å²) < 4.78 is 38.9. The van der Waals surface area contributed by atoms with Gasteiger partial charge in [-0.15, -0.1) is 0 Å². The number of hydrogen-bond acceptors (Lipinski definition) is 3. The second kappa shape index (κ2) is 8.42. The number of rotatable bonds is 7. The minimum absolute atomic E-state index is 0.109. The lowest BCUT2D eigenvalue weighted by Crippen LogP contribution is -2.25. The van der Waals surface area contributed by atoms with Gasteiger partial charge in [-0.05, 0) is 30.3 Å². The first kappa shape index (κ1) is 19.4. The van der Waals surface area contributed by atoms with Crippen molar-refractivity contribution in [3.8, 4) is 0 Å². The maximum absolute atomic E-state index is 13.7. The second-order valence-corrected chi connectivity index (χ2v) is 7.77. The Labute approximate surface area is 151 Å². The third-order valence-corrected chi connectivity index (χ3v) is 5.27. The number of amides is 1. The van der Waals surface area contributed by atoms with Crippen LogP contribution in [0.4, 0.5) is 4.39 Å². The average Bonchev–Trinajstić information content (AvgIpc) is 2.57. The van der Waals surface area contributed by atoms with Crippen LogP contribution >= 0.6 is 11.6 Å². The van der Waals surface area contributed by atoms with Crippen molar-refractivity contribution >= 4 is 27.5 Å². The molecule has 0 aliphatic heterocycles. The number of carbonyl (C=O) groups is 1. The summed E-state index contributed by atoms with van der Waals surface area (Å²) in [5.41, 5.74) is 1.61. The summed E-state index contributed by atoms with van der Waals surface area (Å²) in [6.07, 6.45) is -0.149. The SMILES string of the molecule is CNS(=O)(=O)Cc1ccc(CNC(=O)Cc2c(F)cccc2Cl)cc1. The highest BCUT2D eigenvalue weighted by Gasteiger charge is 2.12. The van der Waals surface area contributed by atoms with Crippen LogP contribution in [0, 0.1) is 5.82 Å². The molecule has 0 atom stereocenters. The molecule has 25 heavy (non-hydrogen) atoms. The van der Waals surface area contributed by atoms with Crippen LogP contribution < -0.4 is 10.0 Å². The van der Waals surface area contributed by atoms with E-state index in [1.807, 2.05) is 0 Å². The molecule has 0 aliphatic rings. The van der Waals surface area contributed by atoms with Crippen molar-refractivity contribution in [2.45, 2.75) is 18.7 Å². The number of halogens is 2. The summed E-state index contributed by atoms with van der Waals surface area (Å²) in [5.74, 6) is -0.978. The molecule has 0 saturated carbocycles. The minimum atomic E-state index is -3.32. The van der Waals surface area contributed by atoms with E-state index in [-0.39, 0.29) is 35.2 Å². The molecule has 5 nitrogen and oxygen atoms in total. The lowest BCUT2D eigenvalue weighted by atomic mass is 10.1. The molecule has 0 spiro atoms. The van der Waals surface area contributed by atoms with E-state index in [0.717, 1.165) is 5.56 Å². The van der Waals surface area contributed by atoms with Crippen LogP contribution in [0.3, 0.4) is 0 Å². The van der Waals surface area contributed by atoms with Crippen LogP contribution in [0.2, 0.25) is 5.02 Å². The standard InChI is InChI=1S/C17H18ClFN2O3S/c1-20-25(23,24)11-13-7-5-12(6-8-13)10-21-17(22)9-14-15(18)3-2-4-16(14)19/h2-8,20H,9-11H2,1H3,(H,21,22). The first-order chi connectivity index (χ1) is 11.8. The molecule has 0 bridgehead atoms. The zero-order valence-electron chi connectivity index (χ0n) is 13.6. The van der Waals surface area contributed by atoms with Gasteiger partial charge >= 0.3 is 0 Å². The largest absolute Gasteiger partial charge is 0.352 e. The van der Waals surface area contributed by atoms with Crippen LogP contribution in [0.5, 0.6) is 0 Å². The summed E-state index contributed by atoms with van der Waals surface area (Å²) in [7, 11) is -1.96. The Morgan fingerprint density at radius 2 is 1.76 bits per heavy atom. The maximum Gasteiger partial charge on any atom is 0.224 e. The Morgan fingerprint density at radius 3 is 2.36 bits per heavy atom. The Kier molecular flexibility index (Phi) is 6.52. The van der Waals surface area contributed by atoms with Gasteiger partial charge in [-0.2, -0.15) is 0 Å². The molecular weight excluding hydrogens is 367 g/mol. The first-order valence-corrected chi connectivity index (χ1v) is 9.52. The number of nitrogens with one attached hydrogen (secondary N) is 2. The van der Waals surface area contributed by atoms with Gasteiger partial charge in [-0.1, -0.05) is 41.9 Å². The summed E-state index contributed by atoms with van der Waals surface area (Å²) in [5, 5.41) is 2.90. The molecule has 0 radical (unpaired) electrons. The van der Waals surface area contributed by atoms with E-state index in [0.29, 0.717) is 5.56 Å². The van der Waals surface area contributed by atoms with Gasteiger partial charge in [0.05, 0.1) is 12.2 Å². The van der Waals surface area contributed by atoms with Gasteiger partial charge in [0.25, 0.3) is 0 Å². The van der Waals surface area contributed by atoms with Crippen LogP contribution in [-0.2, 0) is 33.5 Å². The van der Waals surface area contributed by atoms with Gasteiger partial charge in [-0.25, -0.2) is 17.5 Å². The molecule has 0 saturated heterocycles. The molecule has 2 aromatic carbocycles. The molecule has 134 valence electrons. The van der Waals surface area contributed by atoms with Crippen LogP contribution in [0.25, 0.3) is 0 Å². The van der Waals surface area contributed by atoms with E-state index >= 15 is 0 Å². The normalized spacial score (nSPS) is 11.3. The molecular formula is C17H18ClFN2O3S.